The molecular weight excluding hydrogens is 320 g/mol. The van der Waals surface area contributed by atoms with Gasteiger partial charge in [-0.15, -0.1) is 0 Å². The topological polar surface area (TPSA) is 103 Å². The second-order valence-corrected chi connectivity index (χ2v) is 5.59. The minimum atomic E-state index is -1.44. The molecule has 3 aromatic rings. The van der Waals surface area contributed by atoms with E-state index in [9.17, 15) is 14.7 Å². The number of nitrogens with zero attached hydrogens (tertiary/aromatic N) is 1. The highest BCUT2D eigenvalue weighted by Crippen LogP contribution is 2.27. The van der Waals surface area contributed by atoms with Gasteiger partial charge >= 0.3 is 5.97 Å². The molecule has 0 aliphatic heterocycles. The van der Waals surface area contributed by atoms with E-state index in [1.54, 1.807) is 0 Å². The van der Waals surface area contributed by atoms with Gasteiger partial charge < -0.3 is 15.2 Å². The number of aromatic nitrogens is 2. The number of nitrogens with one attached hydrogen (secondary N) is 1. The molecule has 0 atom stereocenters. The quantitative estimate of drug-likeness (QED) is 0.664. The zero-order valence-corrected chi connectivity index (χ0v) is 13.2. The van der Waals surface area contributed by atoms with Crippen LogP contribution in [0.25, 0.3) is 0 Å². The van der Waals surface area contributed by atoms with Crippen molar-refractivity contribution in [3.05, 3.63) is 93.7 Å². The van der Waals surface area contributed by atoms with E-state index in [0.29, 0.717) is 6.42 Å². The molecule has 0 spiro atoms. The second-order valence-electron chi connectivity index (χ2n) is 5.59. The molecule has 0 radical (unpaired) electrons. The summed E-state index contributed by atoms with van der Waals surface area (Å²) in [4.78, 5) is 29.4. The fraction of sp³-hybridized carbons (Fsp3) is 0.105. The largest absolute Gasteiger partial charge is 0.501 e. The molecule has 1 heterocycles. The summed E-state index contributed by atoms with van der Waals surface area (Å²) in [6, 6.07) is 19.4. The molecule has 0 fully saturated rings. The van der Waals surface area contributed by atoms with Crippen molar-refractivity contribution >= 4 is 5.97 Å². The van der Waals surface area contributed by atoms with Crippen molar-refractivity contribution in [2.45, 2.75) is 12.3 Å². The molecule has 6 nitrogen and oxygen atoms in total. The van der Waals surface area contributed by atoms with Crippen molar-refractivity contribution in [3.63, 3.8) is 0 Å². The minimum Gasteiger partial charge on any atom is -0.501 e. The molecule has 1 aromatic heterocycles. The Morgan fingerprint density at radius 2 is 1.52 bits per heavy atom. The van der Waals surface area contributed by atoms with E-state index in [4.69, 9.17) is 5.11 Å². The standard InChI is InChI=1S/C19H16N2O4/c22-17-16(19(24)25)20-15(21-18(17)23)11-14(12-7-3-1-4-8-12)13-9-5-2-6-10-13/h1-10,14,22H,11H2,(H,24,25)(H,20,21,23). The molecule has 0 amide bonds. The lowest BCUT2D eigenvalue weighted by Crippen LogP contribution is -2.19. The van der Waals surface area contributed by atoms with Crippen molar-refractivity contribution < 1.29 is 15.0 Å². The van der Waals surface area contributed by atoms with Crippen LogP contribution in [-0.4, -0.2) is 26.2 Å². The molecule has 0 saturated carbocycles. The highest BCUT2D eigenvalue weighted by atomic mass is 16.4. The minimum absolute atomic E-state index is 0.114. The molecule has 0 bridgehead atoms. The fourth-order valence-electron chi connectivity index (χ4n) is 2.75. The van der Waals surface area contributed by atoms with Crippen LogP contribution in [0.2, 0.25) is 0 Å². The monoisotopic (exact) mass is 336 g/mol. The molecule has 3 N–H and O–H groups in total. The van der Waals surface area contributed by atoms with Crippen molar-refractivity contribution in [3.8, 4) is 5.75 Å². The predicted octanol–water partition coefficient (Wildman–Crippen LogP) is 2.55. The van der Waals surface area contributed by atoms with Gasteiger partial charge in [-0.1, -0.05) is 60.7 Å². The molecule has 2 aromatic carbocycles. The molecule has 126 valence electrons. The first-order chi connectivity index (χ1) is 12.1. The number of carboxylic acid groups (broad SMARTS) is 1. The first kappa shape index (κ1) is 16.4. The average Bonchev–Trinajstić information content (AvgIpc) is 2.63. The van der Waals surface area contributed by atoms with Crippen molar-refractivity contribution in [1.82, 2.24) is 9.97 Å². The fourth-order valence-corrected chi connectivity index (χ4v) is 2.75. The van der Waals surface area contributed by atoms with E-state index in [0.717, 1.165) is 11.1 Å². The lowest BCUT2D eigenvalue weighted by molar-refractivity contribution is 0.0686. The Kier molecular flexibility index (Phi) is 4.61. The van der Waals surface area contributed by atoms with Crippen LogP contribution in [0.3, 0.4) is 0 Å². The van der Waals surface area contributed by atoms with E-state index in [1.807, 2.05) is 60.7 Å². The number of carboxylic acids is 1. The van der Waals surface area contributed by atoms with Crippen LogP contribution in [0, 0.1) is 0 Å². The number of aromatic amines is 1. The number of H-pyrrole nitrogens is 1. The first-order valence-corrected chi connectivity index (χ1v) is 7.71. The maximum absolute atomic E-state index is 11.8. The summed E-state index contributed by atoms with van der Waals surface area (Å²) in [6.45, 7) is 0. The van der Waals surface area contributed by atoms with Gasteiger partial charge in [-0.25, -0.2) is 9.78 Å². The van der Waals surface area contributed by atoms with E-state index in [-0.39, 0.29) is 11.7 Å². The third-order valence-corrected chi connectivity index (χ3v) is 3.95. The number of hydrogen-bond donors (Lipinski definition) is 3. The SMILES string of the molecule is O=C(O)c1nc(CC(c2ccccc2)c2ccccc2)[nH]c(=O)c1O. The number of benzene rings is 2. The maximum atomic E-state index is 11.8. The third-order valence-electron chi connectivity index (χ3n) is 3.95. The lowest BCUT2D eigenvalue weighted by Gasteiger charge is -2.18. The number of rotatable bonds is 5. The van der Waals surface area contributed by atoms with Crippen molar-refractivity contribution in [2.75, 3.05) is 0 Å². The van der Waals surface area contributed by atoms with E-state index in [2.05, 4.69) is 9.97 Å². The third kappa shape index (κ3) is 3.58. The summed E-state index contributed by atoms with van der Waals surface area (Å²) >= 11 is 0. The zero-order chi connectivity index (χ0) is 17.8. The Morgan fingerprint density at radius 3 is 2.00 bits per heavy atom. The zero-order valence-electron chi connectivity index (χ0n) is 13.2. The maximum Gasteiger partial charge on any atom is 0.358 e. The van der Waals surface area contributed by atoms with E-state index >= 15 is 0 Å². The Balaban J connectivity index is 2.05. The smallest absolute Gasteiger partial charge is 0.358 e. The Morgan fingerprint density at radius 1 is 1.00 bits per heavy atom. The molecule has 0 aliphatic carbocycles. The van der Waals surface area contributed by atoms with Gasteiger partial charge in [-0.2, -0.15) is 0 Å². The van der Waals surface area contributed by atoms with Crippen LogP contribution in [0.1, 0.15) is 33.4 Å². The summed E-state index contributed by atoms with van der Waals surface area (Å²) in [5.74, 6) is -2.23. The second kappa shape index (κ2) is 7.00. The number of carbonyl (C=O) groups is 1. The summed E-state index contributed by atoms with van der Waals surface area (Å²) in [5.41, 5.74) is 0.531. The summed E-state index contributed by atoms with van der Waals surface area (Å²) in [5, 5.41) is 18.7. The molecule has 6 heteroatoms. The van der Waals surface area contributed by atoms with Gasteiger partial charge in [0.2, 0.25) is 5.75 Å². The van der Waals surface area contributed by atoms with Crippen LogP contribution < -0.4 is 5.56 Å². The van der Waals surface area contributed by atoms with Gasteiger partial charge in [0, 0.05) is 12.3 Å². The molecule has 3 rings (SSSR count). The van der Waals surface area contributed by atoms with Crippen molar-refractivity contribution in [1.29, 1.82) is 0 Å². The predicted molar refractivity (Wildman–Crippen MR) is 91.9 cm³/mol. The van der Waals surface area contributed by atoms with Crippen molar-refractivity contribution in [2.24, 2.45) is 0 Å². The molecule has 0 aliphatic rings. The molecular formula is C19H16N2O4. The highest BCUT2D eigenvalue weighted by molar-refractivity contribution is 5.88. The van der Waals surface area contributed by atoms with E-state index in [1.165, 1.54) is 0 Å². The Labute approximate surface area is 143 Å². The van der Waals surface area contributed by atoms with Crippen LogP contribution in [0.5, 0.6) is 5.75 Å². The highest BCUT2D eigenvalue weighted by Gasteiger charge is 2.20. The Bertz CT molecular complexity index is 897. The summed E-state index contributed by atoms with van der Waals surface area (Å²) in [6.07, 6.45) is 0.295. The Hall–Kier alpha value is -3.41. The number of hydrogen-bond acceptors (Lipinski definition) is 4. The normalized spacial score (nSPS) is 10.8. The lowest BCUT2D eigenvalue weighted by atomic mass is 9.88. The van der Waals surface area contributed by atoms with Crippen LogP contribution in [0.15, 0.2) is 65.5 Å². The molecule has 0 saturated heterocycles. The average molecular weight is 336 g/mol. The number of aromatic carboxylic acids is 1. The van der Waals surface area contributed by atoms with Gasteiger partial charge in [0.1, 0.15) is 5.82 Å². The van der Waals surface area contributed by atoms with Gasteiger partial charge in [0.15, 0.2) is 5.69 Å². The van der Waals surface area contributed by atoms with Crippen LogP contribution in [-0.2, 0) is 6.42 Å². The van der Waals surface area contributed by atoms with Crippen LogP contribution in [0.4, 0.5) is 0 Å². The van der Waals surface area contributed by atoms with Gasteiger partial charge in [-0.05, 0) is 11.1 Å². The molecule has 0 unspecified atom stereocenters. The van der Waals surface area contributed by atoms with Crippen LogP contribution >= 0.6 is 0 Å². The van der Waals surface area contributed by atoms with E-state index < -0.39 is 23.0 Å². The first-order valence-electron chi connectivity index (χ1n) is 7.71. The molecule has 25 heavy (non-hydrogen) atoms. The summed E-state index contributed by atoms with van der Waals surface area (Å²) in [7, 11) is 0. The van der Waals surface area contributed by atoms with Gasteiger partial charge in [0.25, 0.3) is 5.56 Å². The van der Waals surface area contributed by atoms with Gasteiger partial charge in [0.05, 0.1) is 0 Å². The summed E-state index contributed by atoms with van der Waals surface area (Å²) < 4.78 is 0. The van der Waals surface area contributed by atoms with Gasteiger partial charge in [-0.3, -0.25) is 4.79 Å². The number of aromatic hydroxyl groups is 1.